The van der Waals surface area contributed by atoms with Crippen LogP contribution >= 0.6 is 0 Å². The summed E-state index contributed by atoms with van der Waals surface area (Å²) in [5.41, 5.74) is 1.77. The van der Waals surface area contributed by atoms with Gasteiger partial charge >= 0.3 is 0 Å². The van der Waals surface area contributed by atoms with Crippen LogP contribution in [-0.2, 0) is 6.61 Å². The first-order valence-electron chi connectivity index (χ1n) is 6.49. The first kappa shape index (κ1) is 14.1. The maximum Gasteiger partial charge on any atom is 0.213 e. The fourth-order valence-corrected chi connectivity index (χ4v) is 1.90. The highest BCUT2D eigenvalue weighted by molar-refractivity contribution is 5.58. The van der Waals surface area contributed by atoms with E-state index in [4.69, 9.17) is 15.3 Å². The average molecular weight is 273 g/mol. The van der Waals surface area contributed by atoms with Crippen molar-refractivity contribution in [1.82, 2.24) is 4.98 Å². The molecule has 1 aromatic heterocycles. The minimum atomic E-state index is 0.351. The zero-order chi connectivity index (χ0) is 14.4. The van der Waals surface area contributed by atoms with E-state index in [1.807, 2.05) is 43.3 Å². The Labute approximate surface area is 118 Å². The zero-order valence-corrected chi connectivity index (χ0v) is 11.7. The van der Waals surface area contributed by atoms with Gasteiger partial charge in [-0.2, -0.15) is 0 Å². The predicted octanol–water partition coefficient (Wildman–Crippen LogP) is 2.37. The first-order valence-corrected chi connectivity index (χ1v) is 6.49. The molecule has 20 heavy (non-hydrogen) atoms. The van der Waals surface area contributed by atoms with E-state index in [1.54, 1.807) is 18.3 Å². The van der Waals surface area contributed by atoms with Crippen LogP contribution in [-0.4, -0.2) is 18.6 Å². The van der Waals surface area contributed by atoms with E-state index in [0.717, 1.165) is 17.0 Å². The first-order chi connectivity index (χ1) is 9.72. The highest BCUT2D eigenvalue weighted by Gasteiger charge is 2.12. The summed E-state index contributed by atoms with van der Waals surface area (Å²) < 4.78 is 11.3. The Morgan fingerprint density at radius 3 is 2.65 bits per heavy atom. The summed E-state index contributed by atoms with van der Waals surface area (Å²) in [7, 11) is 1.79. The van der Waals surface area contributed by atoms with Crippen LogP contribution in [0.5, 0.6) is 11.6 Å². The summed E-state index contributed by atoms with van der Waals surface area (Å²) in [6.07, 6.45) is 1.69. The van der Waals surface area contributed by atoms with Crippen molar-refractivity contribution in [1.29, 1.82) is 0 Å². The maximum absolute atomic E-state index is 5.86. The highest BCUT2D eigenvalue weighted by Crippen LogP contribution is 2.29. The molecule has 5 heteroatoms. The van der Waals surface area contributed by atoms with Crippen LogP contribution in [0.2, 0.25) is 0 Å². The molecular weight excluding hydrogens is 254 g/mol. The molecule has 0 unspecified atom stereocenters. The van der Waals surface area contributed by atoms with Crippen molar-refractivity contribution in [2.24, 2.45) is 5.84 Å². The number of aromatic nitrogens is 1. The minimum absolute atomic E-state index is 0.351. The Hall–Kier alpha value is -2.27. The van der Waals surface area contributed by atoms with Gasteiger partial charge in [-0.3, -0.25) is 0 Å². The van der Waals surface area contributed by atoms with Crippen LogP contribution in [0.15, 0.2) is 42.6 Å². The third kappa shape index (κ3) is 3.39. The number of hydrazine groups is 1. The molecule has 2 N–H and O–H groups in total. The number of benzene rings is 1. The molecule has 0 amide bonds. The van der Waals surface area contributed by atoms with Gasteiger partial charge in [-0.1, -0.05) is 12.1 Å². The van der Waals surface area contributed by atoms with Gasteiger partial charge in [0.15, 0.2) is 0 Å². The van der Waals surface area contributed by atoms with Crippen LogP contribution in [0.1, 0.15) is 12.5 Å². The number of pyridine rings is 1. The molecule has 0 saturated heterocycles. The van der Waals surface area contributed by atoms with Gasteiger partial charge in [0.05, 0.1) is 17.9 Å². The summed E-state index contributed by atoms with van der Waals surface area (Å²) in [5, 5.41) is 1.56. The summed E-state index contributed by atoms with van der Waals surface area (Å²) >= 11 is 0. The SMILES string of the molecule is CCOc1cccc(N(C)N)c1COc1ccccn1. The van der Waals surface area contributed by atoms with Gasteiger partial charge in [0.2, 0.25) is 5.88 Å². The minimum Gasteiger partial charge on any atom is -0.493 e. The van der Waals surface area contributed by atoms with E-state index >= 15 is 0 Å². The van der Waals surface area contributed by atoms with Gasteiger partial charge in [0, 0.05) is 19.3 Å². The quantitative estimate of drug-likeness (QED) is 0.646. The van der Waals surface area contributed by atoms with Crippen LogP contribution in [0.4, 0.5) is 5.69 Å². The molecule has 0 saturated carbocycles. The van der Waals surface area contributed by atoms with Crippen molar-refractivity contribution in [3.63, 3.8) is 0 Å². The standard InChI is InChI=1S/C15H19N3O2/c1-3-19-14-8-6-7-13(18(2)16)12(14)11-20-15-9-4-5-10-17-15/h4-10H,3,11,16H2,1-2H3. The second kappa shape index (κ2) is 6.77. The molecule has 0 fully saturated rings. The fourth-order valence-electron chi connectivity index (χ4n) is 1.90. The number of hydrogen-bond donors (Lipinski definition) is 1. The number of nitrogens with zero attached hydrogens (tertiary/aromatic N) is 2. The number of rotatable bonds is 6. The molecular formula is C15H19N3O2. The van der Waals surface area contributed by atoms with E-state index in [9.17, 15) is 0 Å². The van der Waals surface area contributed by atoms with Gasteiger partial charge in [0.1, 0.15) is 12.4 Å². The molecule has 106 valence electrons. The second-order valence-electron chi connectivity index (χ2n) is 4.25. The molecule has 1 aromatic carbocycles. The molecule has 1 heterocycles. The molecule has 0 radical (unpaired) electrons. The molecule has 0 aliphatic rings. The highest BCUT2D eigenvalue weighted by atomic mass is 16.5. The number of hydrogen-bond acceptors (Lipinski definition) is 5. The molecule has 5 nitrogen and oxygen atoms in total. The lowest BCUT2D eigenvalue weighted by molar-refractivity contribution is 0.278. The number of nitrogens with two attached hydrogens (primary N) is 1. The maximum atomic E-state index is 5.86. The smallest absolute Gasteiger partial charge is 0.213 e. The molecule has 2 aromatic rings. The van der Waals surface area contributed by atoms with Crippen molar-refractivity contribution in [2.75, 3.05) is 18.7 Å². The fraction of sp³-hybridized carbons (Fsp3) is 0.267. The van der Waals surface area contributed by atoms with Crippen molar-refractivity contribution in [2.45, 2.75) is 13.5 Å². The topological polar surface area (TPSA) is 60.6 Å². The Bertz CT molecular complexity index is 544. The predicted molar refractivity (Wildman–Crippen MR) is 78.8 cm³/mol. The van der Waals surface area contributed by atoms with E-state index in [2.05, 4.69) is 4.98 Å². The lowest BCUT2D eigenvalue weighted by Gasteiger charge is -2.20. The molecule has 0 bridgehead atoms. The Morgan fingerprint density at radius 1 is 1.15 bits per heavy atom. The summed E-state index contributed by atoms with van der Waals surface area (Å²) in [4.78, 5) is 4.14. The van der Waals surface area contributed by atoms with Crippen molar-refractivity contribution in [3.05, 3.63) is 48.2 Å². The van der Waals surface area contributed by atoms with Crippen LogP contribution < -0.4 is 20.3 Å². The Balaban J connectivity index is 2.23. The second-order valence-corrected chi connectivity index (χ2v) is 4.25. The normalized spacial score (nSPS) is 10.2. The van der Waals surface area contributed by atoms with Crippen LogP contribution in [0, 0.1) is 0 Å². The summed E-state index contributed by atoms with van der Waals surface area (Å²) in [5.74, 6) is 7.20. The molecule has 0 aliphatic carbocycles. The van der Waals surface area contributed by atoms with Crippen molar-refractivity contribution >= 4 is 5.69 Å². The van der Waals surface area contributed by atoms with E-state index in [1.165, 1.54) is 0 Å². The van der Waals surface area contributed by atoms with Crippen molar-refractivity contribution in [3.8, 4) is 11.6 Å². The lowest BCUT2D eigenvalue weighted by Crippen LogP contribution is -2.26. The van der Waals surface area contributed by atoms with Gasteiger partial charge in [-0.25, -0.2) is 10.8 Å². The van der Waals surface area contributed by atoms with Gasteiger partial charge in [-0.05, 0) is 25.1 Å². The molecule has 0 aliphatic heterocycles. The number of ether oxygens (including phenoxy) is 2. The van der Waals surface area contributed by atoms with E-state index in [0.29, 0.717) is 19.1 Å². The zero-order valence-electron chi connectivity index (χ0n) is 11.7. The Morgan fingerprint density at radius 2 is 2.00 bits per heavy atom. The molecule has 0 atom stereocenters. The van der Waals surface area contributed by atoms with Gasteiger partial charge in [0.25, 0.3) is 0 Å². The van der Waals surface area contributed by atoms with E-state index < -0.39 is 0 Å². The summed E-state index contributed by atoms with van der Waals surface area (Å²) in [6, 6.07) is 11.3. The average Bonchev–Trinajstić information content (AvgIpc) is 2.47. The third-order valence-electron chi connectivity index (χ3n) is 2.79. The lowest BCUT2D eigenvalue weighted by atomic mass is 10.1. The van der Waals surface area contributed by atoms with Crippen LogP contribution in [0.25, 0.3) is 0 Å². The molecule has 0 spiro atoms. The molecule has 2 rings (SSSR count). The van der Waals surface area contributed by atoms with E-state index in [-0.39, 0.29) is 0 Å². The number of anilines is 1. The van der Waals surface area contributed by atoms with Gasteiger partial charge in [-0.15, -0.1) is 0 Å². The summed E-state index contributed by atoms with van der Waals surface area (Å²) in [6.45, 7) is 2.89. The monoisotopic (exact) mass is 273 g/mol. The van der Waals surface area contributed by atoms with Crippen molar-refractivity contribution < 1.29 is 9.47 Å². The van der Waals surface area contributed by atoms with Gasteiger partial charge < -0.3 is 14.5 Å². The Kier molecular flexibility index (Phi) is 4.79. The van der Waals surface area contributed by atoms with Crippen LogP contribution in [0.3, 0.4) is 0 Å². The third-order valence-corrected chi connectivity index (χ3v) is 2.79. The largest absolute Gasteiger partial charge is 0.493 e.